The second kappa shape index (κ2) is 5.33. The largest absolute Gasteiger partial charge is 0.395 e. The van der Waals surface area contributed by atoms with Crippen molar-refractivity contribution in [2.24, 2.45) is 0 Å². The SMILES string of the molecule is CCc1[nH]nc(C(=O)NC(C)C(=O)NC)c1N. The highest BCUT2D eigenvalue weighted by Crippen LogP contribution is 2.14. The molecule has 0 radical (unpaired) electrons. The van der Waals surface area contributed by atoms with Gasteiger partial charge in [-0.05, 0) is 13.3 Å². The average Bonchev–Trinajstić information content (AvgIpc) is 2.69. The summed E-state index contributed by atoms with van der Waals surface area (Å²) in [6.45, 7) is 3.49. The fourth-order valence-electron chi connectivity index (χ4n) is 1.38. The van der Waals surface area contributed by atoms with E-state index < -0.39 is 11.9 Å². The molecule has 0 aliphatic carbocycles. The Bertz CT molecular complexity index is 426. The summed E-state index contributed by atoms with van der Waals surface area (Å²) in [5, 5.41) is 11.5. The average molecular weight is 239 g/mol. The van der Waals surface area contributed by atoms with Gasteiger partial charge in [0.25, 0.3) is 5.91 Å². The van der Waals surface area contributed by atoms with Gasteiger partial charge in [-0.25, -0.2) is 0 Å². The van der Waals surface area contributed by atoms with E-state index in [0.717, 1.165) is 0 Å². The summed E-state index contributed by atoms with van der Waals surface area (Å²) < 4.78 is 0. The van der Waals surface area contributed by atoms with Gasteiger partial charge in [0.15, 0.2) is 5.69 Å². The molecular formula is C10H17N5O2. The van der Waals surface area contributed by atoms with Gasteiger partial charge >= 0.3 is 0 Å². The number of carbonyl (C=O) groups excluding carboxylic acids is 2. The second-order valence-electron chi connectivity index (χ2n) is 3.63. The maximum atomic E-state index is 11.8. The van der Waals surface area contributed by atoms with Crippen LogP contribution in [0.2, 0.25) is 0 Å². The first-order valence-electron chi connectivity index (χ1n) is 5.36. The third-order valence-electron chi connectivity index (χ3n) is 2.44. The molecule has 1 heterocycles. The Labute approximate surface area is 99.1 Å². The maximum Gasteiger partial charge on any atom is 0.274 e. The third kappa shape index (κ3) is 2.74. The molecule has 0 aliphatic heterocycles. The minimum Gasteiger partial charge on any atom is -0.395 e. The van der Waals surface area contributed by atoms with E-state index in [1.165, 1.54) is 7.05 Å². The minimum absolute atomic E-state index is 0.123. The molecule has 2 amide bonds. The van der Waals surface area contributed by atoms with Crippen LogP contribution in [0.3, 0.4) is 0 Å². The lowest BCUT2D eigenvalue weighted by atomic mass is 10.2. The fourth-order valence-corrected chi connectivity index (χ4v) is 1.38. The van der Waals surface area contributed by atoms with E-state index in [4.69, 9.17) is 5.73 Å². The first-order chi connectivity index (χ1) is 8.01. The zero-order valence-corrected chi connectivity index (χ0v) is 10.1. The lowest BCUT2D eigenvalue weighted by Gasteiger charge is -2.11. The van der Waals surface area contributed by atoms with Gasteiger partial charge in [-0.2, -0.15) is 5.10 Å². The fraction of sp³-hybridized carbons (Fsp3) is 0.500. The van der Waals surface area contributed by atoms with Crippen molar-refractivity contribution >= 4 is 17.5 Å². The molecule has 0 bridgehead atoms. The number of aromatic nitrogens is 2. The van der Waals surface area contributed by atoms with Crippen LogP contribution in [0.1, 0.15) is 30.0 Å². The topological polar surface area (TPSA) is 113 Å². The van der Waals surface area contributed by atoms with Gasteiger partial charge in [0, 0.05) is 7.05 Å². The number of rotatable bonds is 4. The zero-order chi connectivity index (χ0) is 13.0. The van der Waals surface area contributed by atoms with E-state index in [9.17, 15) is 9.59 Å². The summed E-state index contributed by atoms with van der Waals surface area (Å²) in [4.78, 5) is 23.0. The molecule has 7 heteroatoms. The van der Waals surface area contributed by atoms with E-state index in [2.05, 4.69) is 20.8 Å². The normalized spacial score (nSPS) is 11.9. The van der Waals surface area contributed by atoms with Gasteiger partial charge in [0.2, 0.25) is 5.91 Å². The van der Waals surface area contributed by atoms with Crippen LogP contribution in [0.25, 0.3) is 0 Å². The van der Waals surface area contributed by atoms with Gasteiger partial charge in [-0.15, -0.1) is 0 Å². The number of nitrogens with one attached hydrogen (secondary N) is 3. The standard InChI is InChI=1S/C10H17N5O2/c1-4-6-7(11)8(15-14-6)10(17)13-5(2)9(16)12-3/h5H,4,11H2,1-3H3,(H,12,16)(H,13,17)(H,14,15). The van der Waals surface area contributed by atoms with Crippen LogP contribution in [-0.2, 0) is 11.2 Å². The first-order valence-corrected chi connectivity index (χ1v) is 5.36. The highest BCUT2D eigenvalue weighted by molar-refractivity contribution is 6.00. The molecule has 0 fully saturated rings. The number of nitrogens with two attached hydrogens (primary N) is 1. The summed E-state index contributed by atoms with van der Waals surface area (Å²) in [5.41, 5.74) is 6.91. The number of amides is 2. The monoisotopic (exact) mass is 239 g/mol. The number of nitrogens with zero attached hydrogens (tertiary/aromatic N) is 1. The molecule has 1 aromatic rings. The molecule has 0 aliphatic rings. The van der Waals surface area contributed by atoms with Crippen molar-refractivity contribution in [3.05, 3.63) is 11.4 Å². The van der Waals surface area contributed by atoms with E-state index in [-0.39, 0.29) is 11.6 Å². The summed E-state index contributed by atoms with van der Waals surface area (Å²) in [6.07, 6.45) is 0.664. The Hall–Kier alpha value is -2.05. The highest BCUT2D eigenvalue weighted by atomic mass is 16.2. The van der Waals surface area contributed by atoms with Gasteiger partial charge in [0.05, 0.1) is 11.4 Å². The summed E-state index contributed by atoms with van der Waals surface area (Å²) >= 11 is 0. The van der Waals surface area contributed by atoms with E-state index in [1.54, 1.807) is 6.92 Å². The predicted molar refractivity (Wildman–Crippen MR) is 63.4 cm³/mol. The Morgan fingerprint density at radius 3 is 2.65 bits per heavy atom. The highest BCUT2D eigenvalue weighted by Gasteiger charge is 2.20. The van der Waals surface area contributed by atoms with Crippen LogP contribution in [-0.4, -0.2) is 35.1 Å². The van der Waals surface area contributed by atoms with Crippen molar-refractivity contribution in [2.75, 3.05) is 12.8 Å². The molecule has 7 nitrogen and oxygen atoms in total. The molecule has 0 aromatic carbocycles. The molecular weight excluding hydrogens is 222 g/mol. The molecule has 17 heavy (non-hydrogen) atoms. The first kappa shape index (κ1) is 13.0. The van der Waals surface area contributed by atoms with E-state index >= 15 is 0 Å². The van der Waals surface area contributed by atoms with Crippen molar-refractivity contribution in [2.45, 2.75) is 26.3 Å². The number of likely N-dealkylation sites (N-methyl/N-ethyl adjacent to an activating group) is 1. The predicted octanol–water partition coefficient (Wildman–Crippen LogP) is -0.581. The Morgan fingerprint density at radius 1 is 1.53 bits per heavy atom. The molecule has 1 unspecified atom stereocenters. The van der Waals surface area contributed by atoms with Crippen LogP contribution < -0.4 is 16.4 Å². The van der Waals surface area contributed by atoms with E-state index in [1.807, 2.05) is 6.92 Å². The maximum absolute atomic E-state index is 11.8. The van der Waals surface area contributed by atoms with Crippen LogP contribution in [0, 0.1) is 0 Å². The van der Waals surface area contributed by atoms with Gasteiger partial charge in [-0.3, -0.25) is 14.7 Å². The number of hydrogen-bond acceptors (Lipinski definition) is 4. The van der Waals surface area contributed by atoms with E-state index in [0.29, 0.717) is 17.8 Å². The van der Waals surface area contributed by atoms with Crippen LogP contribution in [0.4, 0.5) is 5.69 Å². The lowest BCUT2D eigenvalue weighted by Crippen LogP contribution is -2.43. The van der Waals surface area contributed by atoms with Crippen molar-refractivity contribution in [3.8, 4) is 0 Å². The number of aryl methyl sites for hydroxylation is 1. The van der Waals surface area contributed by atoms with Crippen LogP contribution in [0.15, 0.2) is 0 Å². The minimum atomic E-state index is -0.631. The van der Waals surface area contributed by atoms with Crippen LogP contribution >= 0.6 is 0 Å². The van der Waals surface area contributed by atoms with Crippen molar-refractivity contribution < 1.29 is 9.59 Å². The van der Waals surface area contributed by atoms with Gasteiger partial charge in [-0.1, -0.05) is 6.92 Å². The summed E-state index contributed by atoms with van der Waals surface area (Å²) in [7, 11) is 1.50. The van der Waals surface area contributed by atoms with Crippen LogP contribution in [0.5, 0.6) is 0 Å². The lowest BCUT2D eigenvalue weighted by molar-refractivity contribution is -0.122. The Kier molecular flexibility index (Phi) is 4.08. The van der Waals surface area contributed by atoms with Gasteiger partial charge < -0.3 is 16.4 Å². The molecule has 0 spiro atoms. The number of nitrogen functional groups attached to an aromatic ring is 1. The molecule has 94 valence electrons. The smallest absolute Gasteiger partial charge is 0.274 e. The quantitative estimate of drug-likeness (QED) is 0.563. The molecule has 0 saturated heterocycles. The van der Waals surface area contributed by atoms with Crippen molar-refractivity contribution in [1.82, 2.24) is 20.8 Å². The second-order valence-corrected chi connectivity index (χ2v) is 3.63. The molecule has 1 rings (SSSR count). The molecule has 5 N–H and O–H groups in total. The number of aromatic amines is 1. The van der Waals surface area contributed by atoms with Crippen molar-refractivity contribution in [1.29, 1.82) is 0 Å². The summed E-state index contributed by atoms with van der Waals surface area (Å²) in [6, 6.07) is -0.631. The van der Waals surface area contributed by atoms with Gasteiger partial charge in [0.1, 0.15) is 6.04 Å². The number of hydrogen-bond donors (Lipinski definition) is 4. The molecule has 1 atom stereocenters. The Balaban J connectivity index is 2.76. The Morgan fingerprint density at radius 2 is 2.18 bits per heavy atom. The number of H-pyrrole nitrogens is 1. The zero-order valence-electron chi connectivity index (χ0n) is 10.1. The number of anilines is 1. The third-order valence-corrected chi connectivity index (χ3v) is 2.44. The molecule has 1 aromatic heterocycles. The molecule has 0 saturated carbocycles. The van der Waals surface area contributed by atoms with Crippen molar-refractivity contribution in [3.63, 3.8) is 0 Å². The number of carbonyl (C=O) groups is 2. The summed E-state index contributed by atoms with van der Waals surface area (Å²) in [5.74, 6) is -0.738.